The Balaban J connectivity index is 1.34. The lowest BCUT2D eigenvalue weighted by atomic mass is 9.71. The maximum absolute atomic E-state index is 2.78. The van der Waals surface area contributed by atoms with Crippen LogP contribution in [0.3, 0.4) is 0 Å². The average Bonchev–Trinajstić information content (AvgIpc) is 2.62. The van der Waals surface area contributed by atoms with Gasteiger partial charge in [-0.3, -0.25) is 0 Å². The Morgan fingerprint density at radius 3 is 1.70 bits per heavy atom. The third-order valence-corrected chi connectivity index (χ3v) is 7.29. The first-order valence-electron chi connectivity index (χ1n) is 10.4. The van der Waals surface area contributed by atoms with Crippen molar-refractivity contribution in [2.24, 2.45) is 11.3 Å². The largest absolute Gasteiger partial charge is 0.304 e. The van der Waals surface area contributed by atoms with Gasteiger partial charge in [0.15, 0.2) is 0 Å². The normalized spacial score (nSPS) is 28.4. The van der Waals surface area contributed by atoms with Crippen molar-refractivity contribution in [3.8, 4) is 0 Å². The highest BCUT2D eigenvalue weighted by atomic mass is 15.2. The van der Waals surface area contributed by atoms with Crippen molar-refractivity contribution in [1.82, 2.24) is 14.7 Å². The molecule has 3 saturated heterocycles. The van der Waals surface area contributed by atoms with Gasteiger partial charge in [0.2, 0.25) is 0 Å². The molecule has 3 heterocycles. The molecule has 0 unspecified atom stereocenters. The van der Waals surface area contributed by atoms with Crippen molar-refractivity contribution in [3.05, 3.63) is 0 Å². The van der Waals surface area contributed by atoms with Crippen LogP contribution in [0.15, 0.2) is 0 Å². The second kappa shape index (κ2) is 8.31. The predicted octanol–water partition coefficient (Wildman–Crippen LogP) is 3.31. The lowest BCUT2D eigenvalue weighted by Gasteiger charge is -2.47. The second-order valence-electron chi connectivity index (χ2n) is 8.44. The summed E-state index contributed by atoms with van der Waals surface area (Å²) in [6, 6.07) is 0. The van der Waals surface area contributed by atoms with E-state index in [-0.39, 0.29) is 0 Å². The fraction of sp³-hybridized carbons (Fsp3) is 1.00. The molecule has 3 heteroatoms. The van der Waals surface area contributed by atoms with Crippen LogP contribution in [0.1, 0.15) is 58.8 Å². The highest BCUT2D eigenvalue weighted by molar-refractivity contribution is 4.90. The lowest BCUT2D eigenvalue weighted by molar-refractivity contribution is 0.0337. The van der Waals surface area contributed by atoms with Crippen LogP contribution >= 0.6 is 0 Å². The molecule has 3 fully saturated rings. The molecule has 0 saturated carbocycles. The summed E-state index contributed by atoms with van der Waals surface area (Å²) in [4.78, 5) is 8.04. The standard InChI is InChI=1S/C20H39N3/c1-3-21-12-5-19(6-13-21)7-14-23-17-10-20(11-18-23)8-15-22(4-2)16-9-20/h19H,3-18H2,1-2H3. The van der Waals surface area contributed by atoms with Gasteiger partial charge in [-0.05, 0) is 115 Å². The highest BCUT2D eigenvalue weighted by Gasteiger charge is 2.37. The van der Waals surface area contributed by atoms with Crippen molar-refractivity contribution in [3.63, 3.8) is 0 Å². The zero-order chi connectivity index (χ0) is 16.1. The number of piperidine rings is 3. The van der Waals surface area contributed by atoms with E-state index in [1.165, 1.54) is 104 Å². The Kier molecular flexibility index (Phi) is 6.39. The van der Waals surface area contributed by atoms with Crippen LogP contribution in [-0.4, -0.2) is 73.6 Å². The molecule has 1 spiro atoms. The smallest absolute Gasteiger partial charge is 0.00134 e. The first-order chi connectivity index (χ1) is 11.2. The van der Waals surface area contributed by atoms with E-state index in [0.29, 0.717) is 5.41 Å². The quantitative estimate of drug-likeness (QED) is 0.769. The summed E-state index contributed by atoms with van der Waals surface area (Å²) in [6.45, 7) is 16.6. The summed E-state index contributed by atoms with van der Waals surface area (Å²) in [6.07, 6.45) is 10.2. The Bertz CT molecular complexity index is 328. The summed E-state index contributed by atoms with van der Waals surface area (Å²) in [5.74, 6) is 1.00. The van der Waals surface area contributed by atoms with Crippen LogP contribution in [0.25, 0.3) is 0 Å². The van der Waals surface area contributed by atoms with Gasteiger partial charge in [0, 0.05) is 0 Å². The van der Waals surface area contributed by atoms with E-state index in [4.69, 9.17) is 0 Å². The fourth-order valence-corrected chi connectivity index (χ4v) is 5.05. The van der Waals surface area contributed by atoms with E-state index in [1.54, 1.807) is 0 Å². The van der Waals surface area contributed by atoms with Gasteiger partial charge in [-0.2, -0.15) is 0 Å². The van der Waals surface area contributed by atoms with E-state index < -0.39 is 0 Å². The second-order valence-corrected chi connectivity index (χ2v) is 8.44. The molecule has 23 heavy (non-hydrogen) atoms. The average molecular weight is 322 g/mol. The van der Waals surface area contributed by atoms with Gasteiger partial charge in [-0.1, -0.05) is 13.8 Å². The Labute approximate surface area is 144 Å². The molecule has 0 amide bonds. The molecule has 0 aromatic carbocycles. The minimum absolute atomic E-state index is 0.717. The van der Waals surface area contributed by atoms with Gasteiger partial charge in [0.1, 0.15) is 0 Å². The fourth-order valence-electron chi connectivity index (χ4n) is 5.05. The number of hydrogen-bond acceptors (Lipinski definition) is 3. The van der Waals surface area contributed by atoms with Crippen LogP contribution in [0.5, 0.6) is 0 Å². The summed E-state index contributed by atoms with van der Waals surface area (Å²) in [5.41, 5.74) is 0.717. The van der Waals surface area contributed by atoms with Crippen molar-refractivity contribution >= 4 is 0 Å². The topological polar surface area (TPSA) is 9.72 Å². The third-order valence-electron chi connectivity index (χ3n) is 7.29. The maximum atomic E-state index is 2.78. The Morgan fingerprint density at radius 1 is 0.696 bits per heavy atom. The van der Waals surface area contributed by atoms with Gasteiger partial charge in [-0.15, -0.1) is 0 Å². The minimum Gasteiger partial charge on any atom is -0.304 e. The number of rotatable bonds is 5. The molecule has 134 valence electrons. The molecule has 0 atom stereocenters. The molecule has 3 nitrogen and oxygen atoms in total. The molecule has 0 bridgehead atoms. The molecule has 0 radical (unpaired) electrons. The summed E-state index contributed by atoms with van der Waals surface area (Å²) in [5, 5.41) is 0. The van der Waals surface area contributed by atoms with Crippen LogP contribution in [0.4, 0.5) is 0 Å². The summed E-state index contributed by atoms with van der Waals surface area (Å²) < 4.78 is 0. The highest BCUT2D eigenvalue weighted by Crippen LogP contribution is 2.41. The summed E-state index contributed by atoms with van der Waals surface area (Å²) in [7, 11) is 0. The van der Waals surface area contributed by atoms with E-state index in [1.807, 2.05) is 0 Å². The van der Waals surface area contributed by atoms with E-state index in [0.717, 1.165) is 5.92 Å². The lowest BCUT2D eigenvalue weighted by Crippen LogP contribution is -2.47. The summed E-state index contributed by atoms with van der Waals surface area (Å²) >= 11 is 0. The molecule has 3 aliphatic rings. The van der Waals surface area contributed by atoms with E-state index >= 15 is 0 Å². The molecule has 0 aromatic heterocycles. The van der Waals surface area contributed by atoms with Crippen LogP contribution in [0.2, 0.25) is 0 Å². The van der Waals surface area contributed by atoms with Gasteiger partial charge in [0.25, 0.3) is 0 Å². The van der Waals surface area contributed by atoms with Crippen molar-refractivity contribution in [2.75, 3.05) is 58.9 Å². The molecule has 0 aromatic rings. The zero-order valence-corrected chi connectivity index (χ0v) is 15.7. The number of nitrogens with zero attached hydrogens (tertiary/aromatic N) is 3. The van der Waals surface area contributed by atoms with Crippen molar-refractivity contribution < 1.29 is 0 Å². The van der Waals surface area contributed by atoms with Crippen LogP contribution < -0.4 is 0 Å². The van der Waals surface area contributed by atoms with E-state index in [9.17, 15) is 0 Å². The van der Waals surface area contributed by atoms with Crippen LogP contribution in [-0.2, 0) is 0 Å². The zero-order valence-electron chi connectivity index (χ0n) is 15.7. The molecular weight excluding hydrogens is 282 g/mol. The minimum atomic E-state index is 0.717. The van der Waals surface area contributed by atoms with Crippen molar-refractivity contribution in [1.29, 1.82) is 0 Å². The molecule has 3 aliphatic heterocycles. The Hall–Kier alpha value is -0.120. The van der Waals surface area contributed by atoms with Crippen LogP contribution in [0, 0.1) is 11.3 Å². The van der Waals surface area contributed by atoms with Gasteiger partial charge < -0.3 is 14.7 Å². The maximum Gasteiger partial charge on any atom is -0.00134 e. The SMILES string of the molecule is CCN1CCC(CCN2CCC3(CCN(CC)CC3)CC2)CC1. The van der Waals surface area contributed by atoms with E-state index in [2.05, 4.69) is 28.5 Å². The molecular formula is C20H39N3. The van der Waals surface area contributed by atoms with Crippen molar-refractivity contribution in [2.45, 2.75) is 58.8 Å². The monoisotopic (exact) mass is 321 g/mol. The molecule has 0 aliphatic carbocycles. The number of hydrogen-bond donors (Lipinski definition) is 0. The third kappa shape index (κ3) is 4.70. The Morgan fingerprint density at radius 2 is 1.17 bits per heavy atom. The van der Waals surface area contributed by atoms with Gasteiger partial charge in [-0.25, -0.2) is 0 Å². The number of likely N-dealkylation sites (tertiary alicyclic amines) is 3. The van der Waals surface area contributed by atoms with Gasteiger partial charge in [0.05, 0.1) is 0 Å². The molecule has 3 rings (SSSR count). The first kappa shape index (κ1) is 17.7. The predicted molar refractivity (Wildman–Crippen MR) is 98.9 cm³/mol. The van der Waals surface area contributed by atoms with Gasteiger partial charge >= 0.3 is 0 Å². The first-order valence-corrected chi connectivity index (χ1v) is 10.4. The molecule has 0 N–H and O–H groups in total.